The van der Waals surface area contributed by atoms with Crippen molar-refractivity contribution in [2.75, 3.05) is 11.1 Å². The summed E-state index contributed by atoms with van der Waals surface area (Å²) in [6, 6.07) is 12.2. The van der Waals surface area contributed by atoms with Crippen molar-refractivity contribution in [3.05, 3.63) is 53.1 Å². The first-order chi connectivity index (χ1) is 9.95. The highest BCUT2D eigenvalue weighted by Gasteiger charge is 2.15. The standard InChI is InChI=1S/C16H17ClN2O2/c1-10-9-13(18)5-8-15(10)19-16(20)11(2)21-14-6-3-12(17)4-7-14/h3-9,11H,18H2,1-2H3,(H,19,20). The molecule has 2 aromatic rings. The van der Waals surface area contributed by atoms with Crippen LogP contribution in [0.15, 0.2) is 42.5 Å². The van der Waals surface area contributed by atoms with Crippen molar-refractivity contribution in [1.82, 2.24) is 0 Å². The minimum absolute atomic E-state index is 0.224. The Labute approximate surface area is 128 Å². The van der Waals surface area contributed by atoms with Gasteiger partial charge in [-0.15, -0.1) is 0 Å². The molecule has 0 saturated heterocycles. The Morgan fingerprint density at radius 3 is 2.52 bits per heavy atom. The maximum absolute atomic E-state index is 12.1. The van der Waals surface area contributed by atoms with E-state index < -0.39 is 6.10 Å². The first-order valence-corrected chi connectivity index (χ1v) is 6.92. The third-order valence-electron chi connectivity index (χ3n) is 3.00. The summed E-state index contributed by atoms with van der Waals surface area (Å²) in [4.78, 5) is 12.1. The van der Waals surface area contributed by atoms with E-state index in [1.54, 1.807) is 49.4 Å². The molecule has 2 aromatic carbocycles. The van der Waals surface area contributed by atoms with Gasteiger partial charge in [-0.1, -0.05) is 11.6 Å². The first-order valence-electron chi connectivity index (χ1n) is 6.55. The number of ether oxygens (including phenoxy) is 1. The molecule has 0 aliphatic carbocycles. The molecule has 0 bridgehead atoms. The van der Waals surface area contributed by atoms with Crippen molar-refractivity contribution in [1.29, 1.82) is 0 Å². The molecule has 0 radical (unpaired) electrons. The highest BCUT2D eigenvalue weighted by molar-refractivity contribution is 6.30. The van der Waals surface area contributed by atoms with Crippen molar-refractivity contribution in [2.24, 2.45) is 0 Å². The van der Waals surface area contributed by atoms with Gasteiger partial charge in [0.25, 0.3) is 5.91 Å². The predicted molar refractivity (Wildman–Crippen MR) is 85.8 cm³/mol. The average Bonchev–Trinajstić information content (AvgIpc) is 2.44. The molecule has 0 fully saturated rings. The number of benzene rings is 2. The van der Waals surface area contributed by atoms with E-state index in [1.807, 2.05) is 6.92 Å². The van der Waals surface area contributed by atoms with Crippen LogP contribution in [0.5, 0.6) is 5.75 Å². The van der Waals surface area contributed by atoms with Gasteiger partial charge in [0.2, 0.25) is 0 Å². The number of nitrogen functional groups attached to an aromatic ring is 1. The Morgan fingerprint density at radius 2 is 1.90 bits per heavy atom. The van der Waals surface area contributed by atoms with Gasteiger partial charge < -0.3 is 15.8 Å². The first kappa shape index (κ1) is 15.2. The second-order valence-electron chi connectivity index (χ2n) is 4.78. The van der Waals surface area contributed by atoms with Gasteiger partial charge in [-0.2, -0.15) is 0 Å². The number of carbonyl (C=O) groups excluding carboxylic acids is 1. The molecular weight excluding hydrogens is 288 g/mol. The van der Waals surface area contributed by atoms with Crippen LogP contribution in [0.2, 0.25) is 5.02 Å². The van der Waals surface area contributed by atoms with Crippen molar-refractivity contribution >= 4 is 28.9 Å². The lowest BCUT2D eigenvalue weighted by Crippen LogP contribution is -2.30. The van der Waals surface area contributed by atoms with Crippen molar-refractivity contribution < 1.29 is 9.53 Å². The van der Waals surface area contributed by atoms with Crippen LogP contribution in [0.1, 0.15) is 12.5 Å². The van der Waals surface area contributed by atoms with Gasteiger partial charge in [0.05, 0.1) is 0 Å². The number of carbonyl (C=O) groups is 1. The van der Waals surface area contributed by atoms with E-state index in [9.17, 15) is 4.79 Å². The van der Waals surface area contributed by atoms with Crippen LogP contribution >= 0.6 is 11.6 Å². The van der Waals surface area contributed by atoms with E-state index in [0.29, 0.717) is 16.5 Å². The van der Waals surface area contributed by atoms with Crippen LogP contribution in [0.4, 0.5) is 11.4 Å². The summed E-state index contributed by atoms with van der Waals surface area (Å²) < 4.78 is 5.57. The van der Waals surface area contributed by atoms with Gasteiger partial charge >= 0.3 is 0 Å². The summed E-state index contributed by atoms with van der Waals surface area (Å²) in [7, 11) is 0. The molecule has 110 valence electrons. The van der Waals surface area contributed by atoms with Crippen LogP contribution in [-0.4, -0.2) is 12.0 Å². The monoisotopic (exact) mass is 304 g/mol. The second-order valence-corrected chi connectivity index (χ2v) is 5.21. The number of anilines is 2. The number of amides is 1. The molecule has 5 heteroatoms. The molecule has 21 heavy (non-hydrogen) atoms. The number of rotatable bonds is 4. The van der Waals surface area contributed by atoms with Crippen LogP contribution in [0, 0.1) is 6.92 Å². The van der Waals surface area contributed by atoms with Crippen LogP contribution in [0.3, 0.4) is 0 Å². The fourth-order valence-electron chi connectivity index (χ4n) is 1.83. The Bertz CT molecular complexity index is 641. The lowest BCUT2D eigenvalue weighted by molar-refractivity contribution is -0.122. The topological polar surface area (TPSA) is 64.3 Å². The zero-order valence-electron chi connectivity index (χ0n) is 11.9. The molecule has 0 aromatic heterocycles. The molecule has 1 atom stereocenters. The lowest BCUT2D eigenvalue weighted by Gasteiger charge is -2.16. The fraction of sp³-hybridized carbons (Fsp3) is 0.188. The zero-order chi connectivity index (χ0) is 15.4. The average molecular weight is 305 g/mol. The van der Waals surface area contributed by atoms with Gasteiger partial charge in [-0.3, -0.25) is 4.79 Å². The molecule has 3 N–H and O–H groups in total. The number of halogens is 1. The summed E-state index contributed by atoms with van der Waals surface area (Å²) in [5.41, 5.74) is 7.97. The summed E-state index contributed by atoms with van der Waals surface area (Å²) in [5.74, 6) is 0.369. The minimum atomic E-state index is -0.622. The number of nitrogens with two attached hydrogens (primary N) is 1. The van der Waals surface area contributed by atoms with E-state index in [1.165, 1.54) is 0 Å². The van der Waals surface area contributed by atoms with E-state index in [0.717, 1.165) is 11.3 Å². The van der Waals surface area contributed by atoms with Crippen LogP contribution in [0.25, 0.3) is 0 Å². The normalized spacial score (nSPS) is 11.8. The van der Waals surface area contributed by atoms with E-state index in [2.05, 4.69) is 5.32 Å². The number of hydrogen-bond acceptors (Lipinski definition) is 3. The van der Waals surface area contributed by atoms with E-state index in [-0.39, 0.29) is 5.91 Å². The van der Waals surface area contributed by atoms with Crippen LogP contribution in [-0.2, 0) is 4.79 Å². The second kappa shape index (κ2) is 6.50. The maximum atomic E-state index is 12.1. The third kappa shape index (κ3) is 4.13. The SMILES string of the molecule is Cc1cc(N)ccc1NC(=O)C(C)Oc1ccc(Cl)cc1. The molecule has 0 saturated carbocycles. The Kier molecular flexibility index (Phi) is 4.70. The molecule has 0 aliphatic heterocycles. The number of hydrogen-bond donors (Lipinski definition) is 2. The van der Waals surface area contributed by atoms with Gasteiger partial charge in [0, 0.05) is 16.4 Å². The van der Waals surface area contributed by atoms with Gasteiger partial charge in [0.15, 0.2) is 6.10 Å². The lowest BCUT2D eigenvalue weighted by atomic mass is 10.1. The third-order valence-corrected chi connectivity index (χ3v) is 3.26. The van der Waals surface area contributed by atoms with E-state index >= 15 is 0 Å². The predicted octanol–water partition coefficient (Wildman–Crippen LogP) is 3.64. The summed E-state index contributed by atoms with van der Waals surface area (Å²) in [6.45, 7) is 3.58. The Morgan fingerprint density at radius 1 is 1.24 bits per heavy atom. The number of nitrogens with one attached hydrogen (secondary N) is 1. The highest BCUT2D eigenvalue weighted by Crippen LogP contribution is 2.19. The molecule has 4 nitrogen and oxygen atoms in total. The van der Waals surface area contributed by atoms with Crippen molar-refractivity contribution in [3.8, 4) is 5.75 Å². The maximum Gasteiger partial charge on any atom is 0.265 e. The molecular formula is C16H17ClN2O2. The van der Waals surface area contributed by atoms with Gasteiger partial charge in [0.1, 0.15) is 5.75 Å². The van der Waals surface area contributed by atoms with Crippen LogP contribution < -0.4 is 15.8 Å². The van der Waals surface area contributed by atoms with E-state index in [4.69, 9.17) is 22.1 Å². The van der Waals surface area contributed by atoms with Crippen molar-refractivity contribution in [2.45, 2.75) is 20.0 Å². The highest BCUT2D eigenvalue weighted by atomic mass is 35.5. The smallest absolute Gasteiger partial charge is 0.265 e. The largest absolute Gasteiger partial charge is 0.481 e. The molecule has 1 unspecified atom stereocenters. The minimum Gasteiger partial charge on any atom is -0.481 e. The Balaban J connectivity index is 2.00. The summed E-state index contributed by atoms with van der Waals surface area (Å²) in [5, 5.41) is 3.45. The fourth-order valence-corrected chi connectivity index (χ4v) is 1.96. The molecule has 0 aliphatic rings. The van der Waals surface area contributed by atoms with Crippen molar-refractivity contribution in [3.63, 3.8) is 0 Å². The zero-order valence-corrected chi connectivity index (χ0v) is 12.6. The molecule has 0 heterocycles. The van der Waals surface area contributed by atoms with Gasteiger partial charge in [-0.25, -0.2) is 0 Å². The summed E-state index contributed by atoms with van der Waals surface area (Å²) in [6.07, 6.45) is -0.622. The summed E-state index contributed by atoms with van der Waals surface area (Å²) >= 11 is 5.80. The molecule has 0 spiro atoms. The molecule has 2 rings (SSSR count). The van der Waals surface area contributed by atoms with Gasteiger partial charge in [-0.05, 0) is 61.9 Å². The quantitative estimate of drug-likeness (QED) is 0.848. The molecule has 1 amide bonds. The number of aryl methyl sites for hydroxylation is 1. The Hall–Kier alpha value is -2.20.